The van der Waals surface area contributed by atoms with Crippen molar-refractivity contribution in [1.29, 1.82) is 0 Å². The van der Waals surface area contributed by atoms with Crippen LogP contribution in [0.5, 0.6) is 0 Å². The van der Waals surface area contributed by atoms with Gasteiger partial charge in [0.15, 0.2) is 0 Å². The Kier molecular flexibility index (Phi) is 28.1. The molecule has 6 unspecified atom stereocenters. The van der Waals surface area contributed by atoms with E-state index in [0.29, 0.717) is 25.9 Å². The average molecular weight is 726 g/mol. The van der Waals surface area contributed by atoms with Crippen LogP contribution in [-0.4, -0.2) is 84.0 Å². The maximum atomic E-state index is 10.3. The van der Waals surface area contributed by atoms with Crippen molar-refractivity contribution in [2.45, 2.75) is 102 Å². The van der Waals surface area contributed by atoms with Gasteiger partial charge in [-0.2, -0.15) is 13.1 Å². The molecule has 0 aliphatic carbocycles. The standard InChI is InChI=1S/C26H38N2O4.C5H10N.C5H8N.2Ni/c1-19(15-23(29)17-25(31)21-9-5-3-6-10-21)27-13-14-28-20(2)16-24(30)18-26(32)22-11-7-4-8-12-22;2*1-2-4-6-5-3-1;;/h3-12,19-20,23-26,29-32H,13-18H2,1-2H3;1-5H2;1-2H,3-5H2;;/q-2;2*-1;2*+2. The molecule has 2 heterocycles. The van der Waals surface area contributed by atoms with Crippen LogP contribution in [0.15, 0.2) is 72.8 Å². The molecule has 0 amide bonds. The van der Waals surface area contributed by atoms with Crippen LogP contribution in [0, 0.1) is 0 Å². The summed E-state index contributed by atoms with van der Waals surface area (Å²) in [5.41, 5.74) is 1.62. The molecule has 0 spiro atoms. The first kappa shape index (κ1) is 44.8. The number of hydrogen-bond acceptors (Lipinski definition) is 4. The second kappa shape index (κ2) is 28.8. The SMILES string of the molecule is C1=CC[N-]CC1.C1CC[N-]CC1.CC(CC(O)CC(O)c1ccccc1)[N-]CC[N-]C(C)CC(O)CC(O)c1ccccc1.[Ni+2].[Ni+2]. The monoisotopic (exact) mass is 724 g/mol. The average Bonchev–Trinajstić information content (AvgIpc) is 3.06. The molecule has 4 rings (SSSR count). The van der Waals surface area contributed by atoms with Crippen molar-refractivity contribution in [3.63, 3.8) is 0 Å². The quantitative estimate of drug-likeness (QED) is 0.0883. The van der Waals surface area contributed by atoms with Gasteiger partial charge in [0.25, 0.3) is 0 Å². The van der Waals surface area contributed by atoms with E-state index in [0.717, 1.165) is 43.7 Å². The molecule has 4 N–H and O–H groups in total. The number of hydrogen-bond donors (Lipinski definition) is 4. The third kappa shape index (κ3) is 22.4. The molecule has 6 atom stereocenters. The summed E-state index contributed by atoms with van der Waals surface area (Å²) < 4.78 is 0. The molecule has 8 nitrogen and oxygen atoms in total. The molecule has 2 aromatic carbocycles. The van der Waals surface area contributed by atoms with Gasteiger partial charge in [-0.25, -0.2) is 0 Å². The Bertz CT molecular complexity index is 890. The van der Waals surface area contributed by atoms with Crippen molar-refractivity contribution in [3.8, 4) is 0 Å². The van der Waals surface area contributed by atoms with Crippen molar-refractivity contribution in [2.24, 2.45) is 0 Å². The maximum absolute atomic E-state index is 10.3. The zero-order valence-corrected chi connectivity index (χ0v) is 29.5. The molecular formula is C36H56N4Ni2O4. The third-order valence-electron chi connectivity index (χ3n) is 7.55. The van der Waals surface area contributed by atoms with Gasteiger partial charge in [0, 0.05) is 12.8 Å². The van der Waals surface area contributed by atoms with Crippen LogP contribution >= 0.6 is 0 Å². The Hall–Kier alpha value is -1.15. The van der Waals surface area contributed by atoms with Crippen molar-refractivity contribution >= 4 is 0 Å². The first-order chi connectivity index (χ1) is 21.3. The second-order valence-electron chi connectivity index (χ2n) is 11.7. The molecule has 46 heavy (non-hydrogen) atoms. The van der Waals surface area contributed by atoms with E-state index >= 15 is 0 Å². The van der Waals surface area contributed by atoms with Crippen molar-refractivity contribution in [1.82, 2.24) is 0 Å². The fourth-order valence-corrected chi connectivity index (χ4v) is 5.08. The predicted octanol–water partition coefficient (Wildman–Crippen LogP) is 7.12. The smallest absolute Gasteiger partial charge is 0.662 e. The summed E-state index contributed by atoms with van der Waals surface area (Å²) in [6, 6.07) is 18.7. The molecule has 1 fully saturated rings. The topological polar surface area (TPSA) is 137 Å². The number of aliphatic hydroxyl groups excluding tert-OH is 4. The van der Waals surface area contributed by atoms with Crippen molar-refractivity contribution in [3.05, 3.63) is 105 Å². The summed E-state index contributed by atoms with van der Waals surface area (Å²) in [6.07, 6.45) is 8.47. The predicted molar refractivity (Wildman–Crippen MR) is 182 cm³/mol. The van der Waals surface area contributed by atoms with Crippen LogP contribution in [0.3, 0.4) is 0 Å². The largest absolute Gasteiger partial charge is 2.00 e. The summed E-state index contributed by atoms with van der Waals surface area (Å²) >= 11 is 0. The molecule has 0 aromatic heterocycles. The molecule has 2 aliphatic heterocycles. The van der Waals surface area contributed by atoms with Crippen LogP contribution < -0.4 is 0 Å². The van der Waals surface area contributed by atoms with Gasteiger partial charge in [-0.1, -0.05) is 106 Å². The minimum absolute atomic E-state index is 0. The number of nitrogens with zero attached hydrogens (tertiary/aromatic N) is 4. The number of piperidine rings is 1. The molecule has 0 bridgehead atoms. The van der Waals surface area contributed by atoms with E-state index in [1.165, 1.54) is 19.3 Å². The van der Waals surface area contributed by atoms with Crippen LogP contribution in [0.2, 0.25) is 0 Å². The molecule has 264 valence electrons. The fraction of sp³-hybridized carbons (Fsp3) is 0.611. The van der Waals surface area contributed by atoms with Gasteiger partial charge in [0.05, 0.1) is 24.4 Å². The van der Waals surface area contributed by atoms with Gasteiger partial charge in [-0.3, -0.25) is 0 Å². The van der Waals surface area contributed by atoms with E-state index < -0.39 is 24.4 Å². The van der Waals surface area contributed by atoms with Crippen LogP contribution in [-0.2, 0) is 33.0 Å². The van der Waals surface area contributed by atoms with Crippen LogP contribution in [0.4, 0.5) is 0 Å². The van der Waals surface area contributed by atoms with E-state index in [2.05, 4.69) is 33.4 Å². The summed E-state index contributed by atoms with van der Waals surface area (Å²) in [4.78, 5) is 0. The maximum Gasteiger partial charge on any atom is 2.00 e. The zero-order valence-electron chi connectivity index (χ0n) is 27.5. The van der Waals surface area contributed by atoms with E-state index in [-0.39, 0.29) is 57.9 Å². The van der Waals surface area contributed by atoms with Crippen LogP contribution in [0.1, 0.15) is 88.5 Å². The normalized spacial score (nSPS) is 18.0. The Morgan fingerprint density at radius 3 is 1.33 bits per heavy atom. The zero-order chi connectivity index (χ0) is 31.8. The molecule has 2 aromatic rings. The number of rotatable bonds is 15. The Morgan fingerprint density at radius 1 is 0.587 bits per heavy atom. The molecule has 0 radical (unpaired) electrons. The van der Waals surface area contributed by atoms with E-state index in [4.69, 9.17) is 0 Å². The van der Waals surface area contributed by atoms with Gasteiger partial charge in [0.1, 0.15) is 0 Å². The molecular weight excluding hydrogens is 670 g/mol. The summed E-state index contributed by atoms with van der Waals surface area (Å²) in [7, 11) is 0. The van der Waals surface area contributed by atoms with Crippen molar-refractivity contribution < 1.29 is 53.4 Å². The number of benzene rings is 2. The van der Waals surface area contributed by atoms with Gasteiger partial charge in [-0.15, -0.1) is 44.3 Å². The number of aliphatic hydroxyl groups is 4. The first-order valence-electron chi connectivity index (χ1n) is 16.4. The summed E-state index contributed by atoms with van der Waals surface area (Å²) in [5.74, 6) is 0. The van der Waals surface area contributed by atoms with E-state index in [1.54, 1.807) is 0 Å². The van der Waals surface area contributed by atoms with Crippen LogP contribution in [0.25, 0.3) is 21.3 Å². The van der Waals surface area contributed by atoms with Gasteiger partial charge in [0.2, 0.25) is 0 Å². The Morgan fingerprint density at radius 2 is 1.04 bits per heavy atom. The first-order valence-corrected chi connectivity index (χ1v) is 16.4. The minimum Gasteiger partial charge on any atom is -0.662 e. The van der Waals surface area contributed by atoms with E-state index in [9.17, 15) is 20.4 Å². The fourth-order valence-electron chi connectivity index (χ4n) is 5.08. The van der Waals surface area contributed by atoms with E-state index in [1.807, 2.05) is 74.5 Å². The minimum atomic E-state index is -0.680. The molecule has 2 aliphatic rings. The molecule has 1 saturated heterocycles. The Balaban J connectivity index is 0.00000120. The summed E-state index contributed by atoms with van der Waals surface area (Å²) in [5, 5.41) is 58.3. The summed E-state index contributed by atoms with van der Waals surface area (Å²) in [6.45, 7) is 9.26. The van der Waals surface area contributed by atoms with Gasteiger partial charge in [-0.05, 0) is 24.0 Å². The second-order valence-corrected chi connectivity index (χ2v) is 11.7. The molecule has 10 heteroatoms. The third-order valence-corrected chi connectivity index (χ3v) is 7.55. The van der Waals surface area contributed by atoms with Gasteiger partial charge >= 0.3 is 33.0 Å². The Labute approximate surface area is 298 Å². The van der Waals surface area contributed by atoms with Gasteiger partial charge < -0.3 is 41.7 Å². The molecule has 0 saturated carbocycles. The van der Waals surface area contributed by atoms with Crippen molar-refractivity contribution in [2.75, 3.05) is 39.3 Å².